The second kappa shape index (κ2) is 6.45. The highest BCUT2D eigenvalue weighted by Gasteiger charge is 2.38. The van der Waals surface area contributed by atoms with Gasteiger partial charge in [-0.3, -0.25) is 4.84 Å². The second-order valence-electron chi connectivity index (χ2n) is 4.64. The lowest BCUT2D eigenvalue weighted by atomic mass is 10.1. The van der Waals surface area contributed by atoms with Crippen LogP contribution >= 0.6 is 0 Å². The lowest BCUT2D eigenvalue weighted by Gasteiger charge is -2.16. The molecule has 132 valence electrons. The highest BCUT2D eigenvalue weighted by atomic mass is 32.2. The number of alkyl halides is 3. The summed E-state index contributed by atoms with van der Waals surface area (Å²) in [6.07, 6.45) is -3.94. The summed E-state index contributed by atoms with van der Waals surface area (Å²) in [5, 5.41) is 3.08. The molecule has 2 aromatic rings. The van der Waals surface area contributed by atoms with Gasteiger partial charge in [0.2, 0.25) is 15.8 Å². The van der Waals surface area contributed by atoms with Gasteiger partial charge in [0.05, 0.1) is 25.5 Å². The van der Waals surface area contributed by atoms with Crippen molar-refractivity contribution in [2.75, 3.05) is 13.4 Å². The van der Waals surface area contributed by atoms with Crippen LogP contribution in [0, 0.1) is 5.82 Å². The highest BCUT2D eigenvalue weighted by molar-refractivity contribution is 7.88. The molecule has 1 heterocycles. The maximum Gasteiger partial charge on any atom is 0.471 e. The van der Waals surface area contributed by atoms with E-state index in [0.717, 1.165) is 25.5 Å². The van der Waals surface area contributed by atoms with E-state index in [1.807, 2.05) is 0 Å². The van der Waals surface area contributed by atoms with E-state index in [9.17, 15) is 26.0 Å². The third kappa shape index (κ3) is 4.07. The van der Waals surface area contributed by atoms with Gasteiger partial charge in [0.25, 0.3) is 0 Å². The molecule has 0 amide bonds. The highest BCUT2D eigenvalue weighted by Crippen LogP contribution is 2.30. The Kier molecular flexibility index (Phi) is 4.92. The van der Waals surface area contributed by atoms with Gasteiger partial charge in [-0.1, -0.05) is 15.7 Å². The first kappa shape index (κ1) is 18.3. The zero-order valence-corrected chi connectivity index (χ0v) is 13.2. The molecule has 0 aliphatic heterocycles. The minimum Gasteiger partial charge on any atom is -0.329 e. The van der Waals surface area contributed by atoms with Crippen molar-refractivity contribution in [3.8, 4) is 11.4 Å². The first-order valence-corrected chi connectivity index (χ1v) is 8.08. The molecule has 24 heavy (non-hydrogen) atoms. The number of benzene rings is 1. The fourth-order valence-corrected chi connectivity index (χ4v) is 2.41. The van der Waals surface area contributed by atoms with Gasteiger partial charge in [0.1, 0.15) is 5.82 Å². The van der Waals surface area contributed by atoms with Crippen LogP contribution in [0.15, 0.2) is 22.7 Å². The van der Waals surface area contributed by atoms with Gasteiger partial charge in [0.15, 0.2) is 0 Å². The van der Waals surface area contributed by atoms with E-state index in [-0.39, 0.29) is 17.7 Å². The van der Waals surface area contributed by atoms with Crippen LogP contribution in [0.4, 0.5) is 17.6 Å². The molecule has 2 rings (SSSR count). The van der Waals surface area contributed by atoms with Crippen LogP contribution in [0.25, 0.3) is 11.4 Å². The Morgan fingerprint density at radius 1 is 1.33 bits per heavy atom. The first-order valence-electron chi connectivity index (χ1n) is 6.24. The first-order chi connectivity index (χ1) is 11.0. The molecule has 0 aliphatic carbocycles. The standard InChI is InChI=1S/C12H11F4N3O4S/c1-22-19(24(2,20)21)6-7-3-4-8(9(13)5-7)10-17-11(23-18-10)12(14,15)16/h3-5H,6H2,1-2H3. The SMILES string of the molecule is CON(Cc1ccc(-c2noc(C(F)(F)F)n2)c(F)c1)S(C)(=O)=O. The number of hydroxylamine groups is 1. The molecule has 0 fully saturated rings. The minimum absolute atomic E-state index is 0.211. The monoisotopic (exact) mass is 369 g/mol. The Morgan fingerprint density at radius 3 is 2.46 bits per heavy atom. The van der Waals surface area contributed by atoms with Gasteiger partial charge in [-0.2, -0.15) is 18.2 Å². The van der Waals surface area contributed by atoms with Crippen LogP contribution in [-0.4, -0.2) is 36.4 Å². The van der Waals surface area contributed by atoms with Gasteiger partial charge in [-0.05, 0) is 17.7 Å². The summed E-state index contributed by atoms with van der Waals surface area (Å²) >= 11 is 0. The smallest absolute Gasteiger partial charge is 0.329 e. The molecule has 0 saturated heterocycles. The summed E-state index contributed by atoms with van der Waals surface area (Å²) in [5.74, 6) is -3.10. The predicted octanol–water partition coefficient (Wildman–Crippen LogP) is 2.22. The number of hydrogen-bond acceptors (Lipinski definition) is 6. The van der Waals surface area contributed by atoms with Gasteiger partial charge >= 0.3 is 12.1 Å². The number of hydrogen-bond donors (Lipinski definition) is 0. The van der Waals surface area contributed by atoms with Crippen molar-refractivity contribution in [2.45, 2.75) is 12.7 Å². The zero-order valence-electron chi connectivity index (χ0n) is 12.3. The van der Waals surface area contributed by atoms with Crippen LogP contribution < -0.4 is 0 Å². The Hall–Kier alpha value is -2.05. The van der Waals surface area contributed by atoms with Gasteiger partial charge < -0.3 is 4.52 Å². The number of nitrogens with zero attached hydrogens (tertiary/aromatic N) is 3. The number of aromatic nitrogens is 2. The quantitative estimate of drug-likeness (QED) is 0.593. The molecule has 0 saturated carbocycles. The molecule has 0 N–H and O–H groups in total. The number of rotatable bonds is 5. The van der Waals surface area contributed by atoms with Crippen molar-refractivity contribution in [2.24, 2.45) is 0 Å². The second-order valence-corrected chi connectivity index (χ2v) is 6.51. The van der Waals surface area contributed by atoms with Crippen molar-refractivity contribution < 1.29 is 35.3 Å². The summed E-state index contributed by atoms with van der Waals surface area (Å²) in [4.78, 5) is 7.76. The molecular formula is C12H11F4N3O4S. The average Bonchev–Trinajstić information content (AvgIpc) is 2.93. The molecule has 1 aromatic carbocycles. The average molecular weight is 369 g/mol. The van der Waals surface area contributed by atoms with Crippen molar-refractivity contribution in [3.05, 3.63) is 35.5 Å². The summed E-state index contributed by atoms with van der Waals surface area (Å²) in [6.45, 7) is -0.285. The lowest BCUT2D eigenvalue weighted by Crippen LogP contribution is -2.28. The molecule has 1 aromatic heterocycles. The van der Waals surface area contributed by atoms with Crippen molar-refractivity contribution in [1.82, 2.24) is 14.6 Å². The van der Waals surface area contributed by atoms with Crippen molar-refractivity contribution in [1.29, 1.82) is 0 Å². The fraction of sp³-hybridized carbons (Fsp3) is 0.333. The molecule has 0 atom stereocenters. The van der Waals surface area contributed by atoms with E-state index in [1.54, 1.807) is 0 Å². The Morgan fingerprint density at radius 2 is 2.00 bits per heavy atom. The summed E-state index contributed by atoms with van der Waals surface area (Å²) < 4.78 is 78.8. The van der Waals surface area contributed by atoms with Gasteiger partial charge in [0, 0.05) is 0 Å². The van der Waals surface area contributed by atoms with Crippen molar-refractivity contribution >= 4 is 10.0 Å². The van der Waals surface area contributed by atoms with Gasteiger partial charge in [-0.25, -0.2) is 12.8 Å². The molecule has 7 nitrogen and oxygen atoms in total. The Labute approximate surface area is 133 Å². The van der Waals surface area contributed by atoms with E-state index in [2.05, 4.69) is 19.5 Å². The third-order valence-electron chi connectivity index (χ3n) is 2.83. The fourth-order valence-electron chi connectivity index (χ4n) is 1.75. The normalized spacial score (nSPS) is 12.8. The van der Waals surface area contributed by atoms with E-state index in [0.29, 0.717) is 4.47 Å². The molecular weight excluding hydrogens is 358 g/mol. The van der Waals surface area contributed by atoms with Crippen LogP contribution in [0.5, 0.6) is 0 Å². The zero-order chi connectivity index (χ0) is 18.1. The minimum atomic E-state index is -4.84. The molecule has 0 radical (unpaired) electrons. The summed E-state index contributed by atoms with van der Waals surface area (Å²) in [5.41, 5.74) is -0.107. The van der Waals surface area contributed by atoms with Crippen LogP contribution in [0.2, 0.25) is 0 Å². The van der Waals surface area contributed by atoms with Crippen LogP contribution in [0.1, 0.15) is 11.5 Å². The van der Waals surface area contributed by atoms with Gasteiger partial charge in [-0.15, -0.1) is 0 Å². The van der Waals surface area contributed by atoms with E-state index < -0.39 is 33.7 Å². The molecule has 0 aliphatic rings. The number of sulfonamides is 1. The molecule has 0 unspecified atom stereocenters. The summed E-state index contributed by atoms with van der Waals surface area (Å²) in [7, 11) is -2.55. The maximum absolute atomic E-state index is 14.1. The van der Waals surface area contributed by atoms with Crippen LogP contribution in [-0.2, 0) is 27.6 Å². The maximum atomic E-state index is 14.1. The molecule has 12 heteroatoms. The lowest BCUT2D eigenvalue weighted by molar-refractivity contribution is -0.159. The Balaban J connectivity index is 2.29. The largest absolute Gasteiger partial charge is 0.471 e. The topological polar surface area (TPSA) is 85.5 Å². The number of halogens is 4. The third-order valence-corrected chi connectivity index (χ3v) is 3.85. The van der Waals surface area contributed by atoms with E-state index in [4.69, 9.17) is 0 Å². The summed E-state index contributed by atoms with van der Waals surface area (Å²) in [6, 6.07) is 3.36. The predicted molar refractivity (Wildman–Crippen MR) is 72.1 cm³/mol. The van der Waals surface area contributed by atoms with E-state index >= 15 is 0 Å². The van der Waals surface area contributed by atoms with Crippen LogP contribution in [0.3, 0.4) is 0 Å². The van der Waals surface area contributed by atoms with E-state index in [1.165, 1.54) is 6.07 Å². The Bertz CT molecular complexity index is 835. The molecule has 0 spiro atoms. The van der Waals surface area contributed by atoms with Crippen molar-refractivity contribution in [3.63, 3.8) is 0 Å². The molecule has 0 bridgehead atoms.